The van der Waals surface area contributed by atoms with E-state index in [0.29, 0.717) is 25.3 Å². The largest absolute Gasteiger partial charge is 0.508 e. The van der Waals surface area contributed by atoms with Gasteiger partial charge in [0.15, 0.2) is 0 Å². The number of hydrogen-bond donors (Lipinski definition) is 1. The molecule has 0 radical (unpaired) electrons. The molecule has 1 fully saturated rings. The van der Waals surface area contributed by atoms with Crippen LogP contribution in [0.5, 0.6) is 5.75 Å². The van der Waals surface area contributed by atoms with E-state index in [1.165, 1.54) is 0 Å². The Morgan fingerprint density at radius 2 is 2.29 bits per heavy atom. The zero-order chi connectivity index (χ0) is 12.3. The third-order valence-corrected chi connectivity index (χ3v) is 3.02. The molecule has 1 unspecified atom stereocenters. The summed E-state index contributed by atoms with van der Waals surface area (Å²) in [5.74, 6) is 0.226. The number of carbonyl (C=O) groups excluding carboxylic acids is 1. The van der Waals surface area contributed by atoms with Gasteiger partial charge in [-0.2, -0.15) is 0 Å². The van der Waals surface area contributed by atoms with E-state index in [1.54, 1.807) is 18.2 Å². The van der Waals surface area contributed by atoms with Crippen molar-refractivity contribution in [3.63, 3.8) is 0 Å². The molecule has 1 heterocycles. The molecule has 17 heavy (non-hydrogen) atoms. The van der Waals surface area contributed by atoms with Crippen LogP contribution in [0.2, 0.25) is 0 Å². The Balaban J connectivity index is 2.03. The predicted octanol–water partition coefficient (Wildman–Crippen LogP) is 1.18. The molecule has 1 aromatic carbocycles. The van der Waals surface area contributed by atoms with E-state index in [4.69, 9.17) is 4.74 Å². The number of para-hydroxylation sites is 1. The van der Waals surface area contributed by atoms with Gasteiger partial charge in [-0.3, -0.25) is 4.79 Å². The van der Waals surface area contributed by atoms with Gasteiger partial charge in [0.05, 0.1) is 25.7 Å². The maximum Gasteiger partial charge on any atom is 0.227 e. The zero-order valence-electron chi connectivity index (χ0n) is 9.93. The fourth-order valence-corrected chi connectivity index (χ4v) is 2.02. The Bertz CT molecular complexity index is 405. The Hall–Kier alpha value is -1.55. The van der Waals surface area contributed by atoms with Gasteiger partial charge >= 0.3 is 0 Å². The van der Waals surface area contributed by atoms with Gasteiger partial charge in [0, 0.05) is 12.1 Å². The number of aromatic hydroxyl groups is 1. The average molecular weight is 235 g/mol. The van der Waals surface area contributed by atoms with Crippen LogP contribution >= 0.6 is 0 Å². The second-order valence-corrected chi connectivity index (χ2v) is 4.32. The summed E-state index contributed by atoms with van der Waals surface area (Å²) >= 11 is 0. The van der Waals surface area contributed by atoms with Crippen LogP contribution in [0.15, 0.2) is 24.3 Å². The molecular weight excluding hydrogens is 218 g/mol. The van der Waals surface area contributed by atoms with Crippen LogP contribution in [-0.4, -0.2) is 41.7 Å². The van der Waals surface area contributed by atoms with Crippen molar-refractivity contribution in [1.29, 1.82) is 0 Å². The molecule has 1 saturated heterocycles. The first-order valence-corrected chi connectivity index (χ1v) is 5.82. The molecule has 4 heteroatoms. The fraction of sp³-hybridized carbons (Fsp3) is 0.462. The molecule has 4 nitrogen and oxygen atoms in total. The summed E-state index contributed by atoms with van der Waals surface area (Å²) in [7, 11) is 0. The number of morpholine rings is 1. The van der Waals surface area contributed by atoms with Crippen molar-refractivity contribution in [2.45, 2.75) is 19.4 Å². The lowest BCUT2D eigenvalue weighted by Gasteiger charge is -2.33. The van der Waals surface area contributed by atoms with Gasteiger partial charge < -0.3 is 14.7 Å². The highest BCUT2D eigenvalue weighted by molar-refractivity contribution is 5.79. The summed E-state index contributed by atoms with van der Waals surface area (Å²) in [5, 5.41) is 9.63. The van der Waals surface area contributed by atoms with Crippen LogP contribution in [0, 0.1) is 0 Å². The molecule has 1 aliphatic rings. The lowest BCUT2D eigenvalue weighted by molar-refractivity contribution is -0.138. The summed E-state index contributed by atoms with van der Waals surface area (Å²) in [4.78, 5) is 13.9. The molecule has 1 atom stereocenters. The smallest absolute Gasteiger partial charge is 0.227 e. The number of benzene rings is 1. The highest BCUT2D eigenvalue weighted by Gasteiger charge is 2.24. The van der Waals surface area contributed by atoms with E-state index < -0.39 is 0 Å². The van der Waals surface area contributed by atoms with Gasteiger partial charge in [0.2, 0.25) is 5.91 Å². The first kappa shape index (κ1) is 11.9. The normalized spacial score (nSPS) is 20.3. The SMILES string of the molecule is CC1COCCN1C(=O)Cc1ccccc1O. The summed E-state index contributed by atoms with van der Waals surface area (Å²) in [6.07, 6.45) is 0.247. The molecule has 1 aliphatic heterocycles. The van der Waals surface area contributed by atoms with Gasteiger partial charge in [0.25, 0.3) is 0 Å². The summed E-state index contributed by atoms with van der Waals surface area (Å²) < 4.78 is 5.29. The Kier molecular flexibility index (Phi) is 3.64. The van der Waals surface area contributed by atoms with E-state index >= 15 is 0 Å². The van der Waals surface area contributed by atoms with Crippen LogP contribution in [0.3, 0.4) is 0 Å². The number of phenols is 1. The minimum atomic E-state index is 0.0438. The van der Waals surface area contributed by atoms with Crippen LogP contribution < -0.4 is 0 Å². The van der Waals surface area contributed by atoms with Gasteiger partial charge in [0.1, 0.15) is 5.75 Å². The van der Waals surface area contributed by atoms with Crippen molar-refractivity contribution in [3.8, 4) is 5.75 Å². The van der Waals surface area contributed by atoms with E-state index in [2.05, 4.69) is 0 Å². The summed E-state index contributed by atoms with van der Waals surface area (Å²) in [5.41, 5.74) is 0.677. The monoisotopic (exact) mass is 235 g/mol. The number of rotatable bonds is 2. The second-order valence-electron chi connectivity index (χ2n) is 4.32. The van der Waals surface area contributed by atoms with E-state index in [9.17, 15) is 9.90 Å². The zero-order valence-corrected chi connectivity index (χ0v) is 9.93. The molecule has 0 spiro atoms. The van der Waals surface area contributed by atoms with Gasteiger partial charge in [-0.15, -0.1) is 0 Å². The van der Waals surface area contributed by atoms with Crippen molar-refractivity contribution >= 4 is 5.91 Å². The van der Waals surface area contributed by atoms with Crippen molar-refractivity contribution in [2.24, 2.45) is 0 Å². The molecule has 0 bridgehead atoms. The van der Waals surface area contributed by atoms with E-state index in [0.717, 1.165) is 0 Å². The maximum absolute atomic E-state index is 12.1. The molecule has 1 N–H and O–H groups in total. The molecule has 0 aromatic heterocycles. The minimum absolute atomic E-state index is 0.0438. The molecule has 0 saturated carbocycles. The molecule has 92 valence electrons. The Morgan fingerprint density at radius 3 is 3.00 bits per heavy atom. The number of nitrogens with zero attached hydrogens (tertiary/aromatic N) is 1. The van der Waals surface area contributed by atoms with Crippen molar-refractivity contribution in [3.05, 3.63) is 29.8 Å². The standard InChI is InChI=1S/C13H17NO3/c1-10-9-17-7-6-14(10)13(16)8-11-4-2-3-5-12(11)15/h2-5,10,15H,6-9H2,1H3. The Morgan fingerprint density at radius 1 is 1.53 bits per heavy atom. The predicted molar refractivity (Wildman–Crippen MR) is 63.8 cm³/mol. The van der Waals surface area contributed by atoms with E-state index in [-0.39, 0.29) is 24.1 Å². The van der Waals surface area contributed by atoms with Gasteiger partial charge in [-0.25, -0.2) is 0 Å². The van der Waals surface area contributed by atoms with Crippen molar-refractivity contribution in [2.75, 3.05) is 19.8 Å². The van der Waals surface area contributed by atoms with Gasteiger partial charge in [-0.1, -0.05) is 18.2 Å². The highest BCUT2D eigenvalue weighted by Crippen LogP contribution is 2.18. The number of hydrogen-bond acceptors (Lipinski definition) is 3. The lowest BCUT2D eigenvalue weighted by Crippen LogP contribution is -2.47. The second kappa shape index (κ2) is 5.19. The van der Waals surface area contributed by atoms with Crippen LogP contribution in [0.1, 0.15) is 12.5 Å². The lowest BCUT2D eigenvalue weighted by atomic mass is 10.1. The highest BCUT2D eigenvalue weighted by atomic mass is 16.5. The molecular formula is C13H17NO3. The van der Waals surface area contributed by atoms with Crippen molar-refractivity contribution < 1.29 is 14.6 Å². The fourth-order valence-electron chi connectivity index (χ4n) is 2.02. The summed E-state index contributed by atoms with van der Waals surface area (Å²) in [6.45, 7) is 3.79. The number of amides is 1. The van der Waals surface area contributed by atoms with Gasteiger partial charge in [-0.05, 0) is 13.0 Å². The average Bonchev–Trinajstić information content (AvgIpc) is 2.32. The summed E-state index contributed by atoms with van der Waals surface area (Å²) in [6, 6.07) is 7.07. The quantitative estimate of drug-likeness (QED) is 0.837. The molecule has 2 rings (SSSR count). The maximum atomic E-state index is 12.1. The third kappa shape index (κ3) is 2.77. The third-order valence-electron chi connectivity index (χ3n) is 3.02. The topological polar surface area (TPSA) is 49.8 Å². The molecule has 1 aromatic rings. The van der Waals surface area contributed by atoms with Crippen LogP contribution in [0.25, 0.3) is 0 Å². The molecule has 0 aliphatic carbocycles. The number of carbonyl (C=O) groups is 1. The number of ether oxygens (including phenoxy) is 1. The van der Waals surface area contributed by atoms with Crippen LogP contribution in [0.4, 0.5) is 0 Å². The minimum Gasteiger partial charge on any atom is -0.508 e. The first-order chi connectivity index (χ1) is 8.18. The van der Waals surface area contributed by atoms with Crippen molar-refractivity contribution in [1.82, 2.24) is 4.90 Å². The molecule has 1 amide bonds. The van der Waals surface area contributed by atoms with E-state index in [1.807, 2.05) is 17.9 Å². The number of phenolic OH excluding ortho intramolecular Hbond substituents is 1. The van der Waals surface area contributed by atoms with Crippen LogP contribution in [-0.2, 0) is 16.0 Å². The Labute approximate surface area is 101 Å². The first-order valence-electron chi connectivity index (χ1n) is 5.82.